The van der Waals surface area contributed by atoms with Gasteiger partial charge in [-0.15, -0.1) is 0 Å². The molecule has 4 rings (SSSR count). The molecule has 3 aromatic rings. The number of rotatable bonds is 5. The van der Waals surface area contributed by atoms with Gasteiger partial charge >= 0.3 is 5.97 Å². The van der Waals surface area contributed by atoms with Gasteiger partial charge in [0.15, 0.2) is 0 Å². The number of aromatic nitrogens is 2. The van der Waals surface area contributed by atoms with E-state index in [1.54, 1.807) is 24.3 Å². The summed E-state index contributed by atoms with van der Waals surface area (Å²) in [6, 6.07) is 10.4. The van der Waals surface area contributed by atoms with Gasteiger partial charge in [0.05, 0.1) is 22.7 Å². The number of hydrogen-bond donors (Lipinski definition) is 2. The number of halogens is 1. The molecule has 2 N–H and O–H groups in total. The Labute approximate surface area is 163 Å². The number of nitrogens with zero attached hydrogens (tertiary/aromatic N) is 1. The van der Waals surface area contributed by atoms with Gasteiger partial charge in [0.2, 0.25) is 0 Å². The maximum absolute atomic E-state index is 12.1. The molecule has 0 saturated heterocycles. The second kappa shape index (κ2) is 7.15. The Hall–Kier alpha value is -2.67. The molecular formula is C20H17BrN2O4. The van der Waals surface area contributed by atoms with E-state index in [9.17, 15) is 14.7 Å². The van der Waals surface area contributed by atoms with E-state index in [1.807, 2.05) is 12.1 Å². The molecular weight excluding hydrogens is 412 g/mol. The van der Waals surface area contributed by atoms with E-state index in [0.29, 0.717) is 27.4 Å². The molecule has 1 saturated carbocycles. The third-order valence-corrected chi connectivity index (χ3v) is 5.23. The van der Waals surface area contributed by atoms with Gasteiger partial charge in [-0.3, -0.25) is 4.79 Å². The van der Waals surface area contributed by atoms with Crippen molar-refractivity contribution in [2.75, 3.05) is 0 Å². The first kappa shape index (κ1) is 17.7. The number of fused-ring (bicyclic) bond motifs is 1. The van der Waals surface area contributed by atoms with E-state index in [-0.39, 0.29) is 17.2 Å². The molecule has 7 heteroatoms. The van der Waals surface area contributed by atoms with Crippen LogP contribution in [0.1, 0.15) is 40.9 Å². The molecule has 138 valence electrons. The van der Waals surface area contributed by atoms with E-state index in [0.717, 1.165) is 24.2 Å². The molecule has 1 fully saturated rings. The summed E-state index contributed by atoms with van der Waals surface area (Å²) < 4.78 is 6.63. The summed E-state index contributed by atoms with van der Waals surface area (Å²) in [5.41, 5.74) is 1.39. The first-order chi connectivity index (χ1) is 13.0. The average molecular weight is 429 g/mol. The summed E-state index contributed by atoms with van der Waals surface area (Å²) >= 11 is 3.35. The van der Waals surface area contributed by atoms with Gasteiger partial charge in [-0.1, -0.05) is 15.9 Å². The highest BCUT2D eigenvalue weighted by Gasteiger charge is 2.19. The van der Waals surface area contributed by atoms with Gasteiger partial charge in [-0.05, 0) is 61.2 Å². The summed E-state index contributed by atoms with van der Waals surface area (Å²) in [7, 11) is 0. The van der Waals surface area contributed by atoms with Crippen molar-refractivity contribution in [2.45, 2.75) is 31.8 Å². The van der Waals surface area contributed by atoms with Crippen LogP contribution in [0.2, 0.25) is 0 Å². The lowest BCUT2D eigenvalue weighted by molar-refractivity contribution is 0.0696. The van der Waals surface area contributed by atoms with Crippen molar-refractivity contribution in [1.29, 1.82) is 0 Å². The van der Waals surface area contributed by atoms with Crippen LogP contribution in [0.15, 0.2) is 45.7 Å². The monoisotopic (exact) mass is 428 g/mol. The van der Waals surface area contributed by atoms with E-state index in [2.05, 4.69) is 26.1 Å². The van der Waals surface area contributed by atoms with Crippen LogP contribution in [0.5, 0.6) is 5.75 Å². The van der Waals surface area contributed by atoms with Gasteiger partial charge in [0.25, 0.3) is 5.56 Å². The van der Waals surface area contributed by atoms with E-state index in [4.69, 9.17) is 4.74 Å². The van der Waals surface area contributed by atoms with Gasteiger partial charge in [-0.2, -0.15) is 5.10 Å². The highest BCUT2D eigenvalue weighted by Crippen LogP contribution is 2.28. The number of H-pyrrole nitrogens is 1. The molecule has 1 heterocycles. The van der Waals surface area contributed by atoms with E-state index in [1.165, 1.54) is 6.42 Å². The van der Waals surface area contributed by atoms with E-state index >= 15 is 0 Å². The van der Waals surface area contributed by atoms with E-state index < -0.39 is 5.97 Å². The zero-order valence-corrected chi connectivity index (χ0v) is 16.0. The quantitative estimate of drug-likeness (QED) is 0.642. The predicted octanol–water partition coefficient (Wildman–Crippen LogP) is 3.91. The minimum atomic E-state index is -0.993. The first-order valence-corrected chi connectivity index (χ1v) is 9.49. The molecule has 27 heavy (non-hydrogen) atoms. The number of carboxylic acid groups (broad SMARTS) is 1. The van der Waals surface area contributed by atoms with Crippen molar-refractivity contribution in [1.82, 2.24) is 10.2 Å². The second-order valence-electron chi connectivity index (χ2n) is 6.71. The average Bonchev–Trinajstić information content (AvgIpc) is 2.60. The molecule has 2 aromatic carbocycles. The predicted molar refractivity (Wildman–Crippen MR) is 105 cm³/mol. The smallest absolute Gasteiger partial charge is 0.335 e. The molecule has 0 amide bonds. The highest BCUT2D eigenvalue weighted by molar-refractivity contribution is 9.10. The molecule has 1 aliphatic rings. The zero-order valence-electron chi connectivity index (χ0n) is 14.4. The SMILES string of the molecule is O=C(O)c1cc(Br)cc(Cc2n[nH]c(=O)c3ccc(OC4CCC4)cc23)c1. The number of aromatic carboxylic acids is 1. The second-order valence-corrected chi connectivity index (χ2v) is 7.62. The van der Waals surface area contributed by atoms with Gasteiger partial charge in [-0.25, -0.2) is 9.89 Å². The van der Waals surface area contributed by atoms with Crippen molar-refractivity contribution in [3.05, 3.63) is 68.0 Å². The van der Waals surface area contributed by atoms with Crippen LogP contribution >= 0.6 is 15.9 Å². The fourth-order valence-corrected chi connectivity index (χ4v) is 3.70. The molecule has 1 aliphatic carbocycles. The third-order valence-electron chi connectivity index (χ3n) is 4.77. The number of nitrogens with one attached hydrogen (secondary N) is 1. The molecule has 0 aliphatic heterocycles. The Balaban J connectivity index is 1.74. The molecule has 6 nitrogen and oxygen atoms in total. The molecule has 0 spiro atoms. The summed E-state index contributed by atoms with van der Waals surface area (Å²) in [4.78, 5) is 23.4. The summed E-state index contributed by atoms with van der Waals surface area (Å²) in [6.07, 6.45) is 3.91. The Morgan fingerprint density at radius 3 is 2.74 bits per heavy atom. The maximum Gasteiger partial charge on any atom is 0.335 e. The molecule has 0 bridgehead atoms. The standard InChI is InChI=1S/C20H17BrN2O4/c21-13-7-11(6-12(9-13)20(25)26)8-18-17-10-15(27-14-2-1-3-14)4-5-16(17)19(24)23-22-18/h4-7,9-10,14H,1-3,8H2,(H,23,24)(H,25,26). The normalized spacial score (nSPS) is 14.1. The van der Waals surface area contributed by atoms with Gasteiger partial charge in [0.1, 0.15) is 5.75 Å². The van der Waals surface area contributed by atoms with Crippen LogP contribution in [0.4, 0.5) is 0 Å². The summed E-state index contributed by atoms with van der Waals surface area (Å²) in [5, 5.41) is 17.2. The maximum atomic E-state index is 12.1. The van der Waals surface area contributed by atoms with Crippen LogP contribution in [-0.2, 0) is 6.42 Å². The molecule has 1 aromatic heterocycles. The van der Waals surface area contributed by atoms with Gasteiger partial charge in [0, 0.05) is 16.3 Å². The lowest BCUT2D eigenvalue weighted by Gasteiger charge is -2.26. The van der Waals surface area contributed by atoms with Crippen molar-refractivity contribution < 1.29 is 14.6 Å². The summed E-state index contributed by atoms with van der Waals surface area (Å²) in [5.74, 6) is -0.269. The Morgan fingerprint density at radius 2 is 2.04 bits per heavy atom. The largest absolute Gasteiger partial charge is 0.490 e. The third kappa shape index (κ3) is 3.73. The number of benzene rings is 2. The molecule has 0 radical (unpaired) electrons. The van der Waals surface area contributed by atoms with Crippen molar-refractivity contribution >= 4 is 32.7 Å². The van der Waals surface area contributed by atoms with Crippen LogP contribution in [-0.4, -0.2) is 27.4 Å². The van der Waals surface area contributed by atoms with Crippen LogP contribution in [0.3, 0.4) is 0 Å². The first-order valence-electron chi connectivity index (χ1n) is 8.70. The Kier molecular flexibility index (Phi) is 4.70. The fraction of sp³-hybridized carbons (Fsp3) is 0.250. The lowest BCUT2D eigenvalue weighted by atomic mass is 9.96. The minimum absolute atomic E-state index is 0.196. The number of ether oxygens (including phenoxy) is 1. The lowest BCUT2D eigenvalue weighted by Crippen LogP contribution is -2.24. The minimum Gasteiger partial charge on any atom is -0.490 e. The van der Waals surface area contributed by atoms with Crippen LogP contribution in [0.25, 0.3) is 10.8 Å². The Morgan fingerprint density at radius 1 is 1.22 bits per heavy atom. The van der Waals surface area contributed by atoms with Gasteiger partial charge < -0.3 is 9.84 Å². The number of hydrogen-bond acceptors (Lipinski definition) is 4. The van der Waals surface area contributed by atoms with Crippen molar-refractivity contribution in [3.63, 3.8) is 0 Å². The number of carbonyl (C=O) groups is 1. The summed E-state index contributed by atoms with van der Waals surface area (Å²) in [6.45, 7) is 0. The fourth-order valence-electron chi connectivity index (χ4n) is 3.16. The molecule has 0 atom stereocenters. The van der Waals surface area contributed by atoms with Crippen LogP contribution < -0.4 is 10.3 Å². The topological polar surface area (TPSA) is 92.3 Å². The zero-order chi connectivity index (χ0) is 19.0. The molecule has 0 unspecified atom stereocenters. The van der Waals surface area contributed by atoms with Crippen molar-refractivity contribution in [3.8, 4) is 5.75 Å². The number of aromatic amines is 1. The van der Waals surface area contributed by atoms with Crippen LogP contribution in [0, 0.1) is 0 Å². The van der Waals surface area contributed by atoms with Crippen molar-refractivity contribution in [2.24, 2.45) is 0 Å². The Bertz CT molecular complexity index is 1090. The highest BCUT2D eigenvalue weighted by atomic mass is 79.9. The number of carboxylic acids is 1.